The molecule has 0 amide bonds. The standard InChI is InChI=1S/C14H17BrN2O2/c1-16(2)6-7-17-9-12(14(18)19-3)11-5-4-10(15)8-13(11)17/h4-5,8-9H,6-7H2,1-3H3. The summed E-state index contributed by atoms with van der Waals surface area (Å²) in [4.78, 5) is 13.9. The van der Waals surface area contributed by atoms with Gasteiger partial charge in [0.05, 0.1) is 18.2 Å². The van der Waals surface area contributed by atoms with Gasteiger partial charge in [0.1, 0.15) is 0 Å². The topological polar surface area (TPSA) is 34.5 Å². The molecule has 0 aliphatic heterocycles. The molecular weight excluding hydrogens is 308 g/mol. The predicted molar refractivity (Wildman–Crippen MR) is 79.5 cm³/mol. The second-order valence-electron chi connectivity index (χ2n) is 4.69. The van der Waals surface area contributed by atoms with Crippen LogP contribution in [0.1, 0.15) is 10.4 Å². The molecule has 4 nitrogen and oxygen atoms in total. The number of carbonyl (C=O) groups is 1. The average molecular weight is 325 g/mol. The van der Waals surface area contributed by atoms with Gasteiger partial charge in [-0.05, 0) is 26.2 Å². The molecule has 5 heteroatoms. The van der Waals surface area contributed by atoms with Gasteiger partial charge in [-0.15, -0.1) is 0 Å². The molecule has 1 heterocycles. The number of likely N-dealkylation sites (N-methyl/N-ethyl adjacent to an activating group) is 1. The van der Waals surface area contributed by atoms with E-state index in [1.807, 2.05) is 38.5 Å². The lowest BCUT2D eigenvalue weighted by molar-refractivity contribution is 0.0602. The summed E-state index contributed by atoms with van der Waals surface area (Å²) in [6.45, 7) is 1.74. The second kappa shape index (κ2) is 5.75. The first-order chi connectivity index (χ1) is 9.02. The van der Waals surface area contributed by atoms with Gasteiger partial charge >= 0.3 is 5.97 Å². The van der Waals surface area contributed by atoms with Crippen LogP contribution in [0.5, 0.6) is 0 Å². The summed E-state index contributed by atoms with van der Waals surface area (Å²) in [6.07, 6.45) is 1.87. The molecular formula is C14H17BrN2O2. The first-order valence-corrected chi connectivity index (χ1v) is 6.83. The number of carbonyl (C=O) groups excluding carboxylic acids is 1. The van der Waals surface area contributed by atoms with Crippen LogP contribution in [0.3, 0.4) is 0 Å². The number of hydrogen-bond acceptors (Lipinski definition) is 3. The van der Waals surface area contributed by atoms with E-state index in [9.17, 15) is 4.79 Å². The maximum atomic E-state index is 11.8. The zero-order valence-corrected chi connectivity index (χ0v) is 12.9. The molecule has 0 aliphatic rings. The smallest absolute Gasteiger partial charge is 0.340 e. The number of nitrogens with zero attached hydrogens (tertiary/aromatic N) is 2. The molecule has 2 aromatic rings. The second-order valence-corrected chi connectivity index (χ2v) is 5.61. The predicted octanol–water partition coefficient (Wildman–Crippen LogP) is 2.75. The van der Waals surface area contributed by atoms with E-state index in [2.05, 4.69) is 25.4 Å². The maximum Gasteiger partial charge on any atom is 0.340 e. The van der Waals surface area contributed by atoms with Gasteiger partial charge in [0.15, 0.2) is 0 Å². The van der Waals surface area contributed by atoms with Crippen LogP contribution in [0.4, 0.5) is 0 Å². The summed E-state index contributed by atoms with van der Waals surface area (Å²) in [5.74, 6) is -0.295. The summed E-state index contributed by atoms with van der Waals surface area (Å²) in [5.41, 5.74) is 1.65. The number of fused-ring (bicyclic) bond motifs is 1. The van der Waals surface area contributed by atoms with Crippen molar-refractivity contribution in [3.63, 3.8) is 0 Å². The Morgan fingerprint density at radius 3 is 2.79 bits per heavy atom. The third kappa shape index (κ3) is 2.98. The lowest BCUT2D eigenvalue weighted by atomic mass is 10.2. The first kappa shape index (κ1) is 14.1. The Kier molecular flexibility index (Phi) is 4.27. The van der Waals surface area contributed by atoms with E-state index in [4.69, 9.17) is 4.74 Å². The van der Waals surface area contributed by atoms with Gasteiger partial charge in [-0.2, -0.15) is 0 Å². The number of benzene rings is 1. The molecule has 0 atom stereocenters. The van der Waals surface area contributed by atoms with E-state index in [0.29, 0.717) is 5.56 Å². The van der Waals surface area contributed by atoms with Crippen LogP contribution >= 0.6 is 15.9 Å². The van der Waals surface area contributed by atoms with E-state index in [1.165, 1.54) is 7.11 Å². The van der Waals surface area contributed by atoms with Crippen molar-refractivity contribution in [3.8, 4) is 0 Å². The van der Waals surface area contributed by atoms with Crippen LogP contribution in [0, 0.1) is 0 Å². The van der Waals surface area contributed by atoms with E-state index >= 15 is 0 Å². The van der Waals surface area contributed by atoms with Crippen LogP contribution in [0.15, 0.2) is 28.9 Å². The van der Waals surface area contributed by atoms with Crippen molar-refractivity contribution in [1.82, 2.24) is 9.47 Å². The lowest BCUT2D eigenvalue weighted by Gasteiger charge is -2.11. The summed E-state index contributed by atoms with van der Waals surface area (Å²) >= 11 is 3.47. The summed E-state index contributed by atoms with van der Waals surface area (Å²) in [7, 11) is 5.47. The molecule has 0 bridgehead atoms. The third-order valence-electron chi connectivity index (χ3n) is 3.04. The molecule has 2 rings (SSSR count). The number of aromatic nitrogens is 1. The van der Waals surface area contributed by atoms with Crippen molar-refractivity contribution in [2.24, 2.45) is 0 Å². The minimum atomic E-state index is -0.295. The number of esters is 1. The fourth-order valence-corrected chi connectivity index (χ4v) is 2.38. The zero-order chi connectivity index (χ0) is 14.0. The van der Waals surface area contributed by atoms with Crippen LogP contribution < -0.4 is 0 Å². The molecule has 1 aromatic carbocycles. The summed E-state index contributed by atoms with van der Waals surface area (Å²) in [5, 5.41) is 0.925. The highest BCUT2D eigenvalue weighted by Crippen LogP contribution is 2.25. The highest BCUT2D eigenvalue weighted by Gasteiger charge is 2.15. The van der Waals surface area contributed by atoms with Crippen LogP contribution in [-0.2, 0) is 11.3 Å². The van der Waals surface area contributed by atoms with Crippen LogP contribution in [0.25, 0.3) is 10.9 Å². The fourth-order valence-electron chi connectivity index (χ4n) is 2.03. The van der Waals surface area contributed by atoms with Gasteiger partial charge in [-0.3, -0.25) is 0 Å². The van der Waals surface area contributed by atoms with E-state index < -0.39 is 0 Å². The maximum absolute atomic E-state index is 11.8. The Bertz CT molecular complexity index is 605. The molecule has 0 aliphatic carbocycles. The van der Waals surface area contributed by atoms with Gasteiger partial charge < -0.3 is 14.2 Å². The zero-order valence-electron chi connectivity index (χ0n) is 11.3. The van der Waals surface area contributed by atoms with Gasteiger partial charge in [0.25, 0.3) is 0 Å². The molecule has 1 aromatic heterocycles. The van der Waals surface area contributed by atoms with Gasteiger partial charge in [0.2, 0.25) is 0 Å². The van der Waals surface area contributed by atoms with Crippen LogP contribution in [-0.4, -0.2) is 43.2 Å². The molecule has 0 unspecified atom stereocenters. The molecule has 19 heavy (non-hydrogen) atoms. The van der Waals surface area contributed by atoms with Crippen molar-refractivity contribution in [2.45, 2.75) is 6.54 Å². The molecule has 102 valence electrons. The Morgan fingerprint density at radius 1 is 1.42 bits per heavy atom. The van der Waals surface area contributed by atoms with Crippen molar-refractivity contribution in [2.75, 3.05) is 27.7 Å². The lowest BCUT2D eigenvalue weighted by Crippen LogP contribution is -2.18. The highest BCUT2D eigenvalue weighted by atomic mass is 79.9. The molecule has 0 radical (unpaired) electrons. The molecule has 0 N–H and O–H groups in total. The Hall–Kier alpha value is -1.33. The Morgan fingerprint density at radius 2 is 2.16 bits per heavy atom. The number of ether oxygens (including phenoxy) is 1. The first-order valence-electron chi connectivity index (χ1n) is 6.04. The Balaban J connectivity index is 2.50. The molecule has 0 fully saturated rings. The minimum Gasteiger partial charge on any atom is -0.465 e. The number of hydrogen-bond donors (Lipinski definition) is 0. The summed E-state index contributed by atoms with van der Waals surface area (Å²) < 4.78 is 7.93. The fraction of sp³-hybridized carbons (Fsp3) is 0.357. The monoisotopic (exact) mass is 324 g/mol. The summed E-state index contributed by atoms with van der Waals surface area (Å²) in [6, 6.07) is 5.90. The van der Waals surface area contributed by atoms with Gasteiger partial charge in [-0.1, -0.05) is 22.0 Å². The number of rotatable bonds is 4. The Labute approximate surface area is 121 Å². The van der Waals surface area contributed by atoms with E-state index in [1.54, 1.807) is 0 Å². The van der Waals surface area contributed by atoms with Crippen molar-refractivity contribution < 1.29 is 9.53 Å². The van der Waals surface area contributed by atoms with Crippen molar-refractivity contribution in [1.29, 1.82) is 0 Å². The highest BCUT2D eigenvalue weighted by molar-refractivity contribution is 9.10. The van der Waals surface area contributed by atoms with E-state index in [0.717, 1.165) is 28.5 Å². The van der Waals surface area contributed by atoms with Crippen LogP contribution in [0.2, 0.25) is 0 Å². The van der Waals surface area contributed by atoms with Crippen molar-refractivity contribution >= 4 is 32.8 Å². The third-order valence-corrected chi connectivity index (χ3v) is 3.53. The molecule has 0 saturated heterocycles. The SMILES string of the molecule is COC(=O)c1cn(CCN(C)C)c2cc(Br)ccc12. The average Bonchev–Trinajstić information content (AvgIpc) is 2.73. The largest absolute Gasteiger partial charge is 0.465 e. The molecule has 0 spiro atoms. The van der Waals surface area contributed by atoms with Gasteiger partial charge in [-0.25, -0.2) is 4.79 Å². The number of halogens is 1. The van der Waals surface area contributed by atoms with Gasteiger partial charge in [0, 0.05) is 29.1 Å². The minimum absolute atomic E-state index is 0.295. The van der Waals surface area contributed by atoms with Crippen molar-refractivity contribution in [3.05, 3.63) is 34.4 Å². The van der Waals surface area contributed by atoms with E-state index in [-0.39, 0.29) is 5.97 Å². The number of methoxy groups -OCH3 is 1. The normalized spacial score (nSPS) is 11.2. The quantitative estimate of drug-likeness (QED) is 0.811. The molecule has 0 saturated carbocycles.